The van der Waals surface area contributed by atoms with Gasteiger partial charge >= 0.3 is 6.03 Å². The first-order chi connectivity index (χ1) is 12.0. The number of fused-ring (bicyclic) bond motifs is 1. The Morgan fingerprint density at radius 2 is 2.12 bits per heavy atom. The highest BCUT2D eigenvalue weighted by atomic mass is 32.1. The fourth-order valence-electron chi connectivity index (χ4n) is 2.62. The summed E-state index contributed by atoms with van der Waals surface area (Å²) in [6.07, 6.45) is 1.20. The maximum absolute atomic E-state index is 13.8. The van der Waals surface area contributed by atoms with Crippen molar-refractivity contribution in [2.75, 3.05) is 11.9 Å². The fraction of sp³-hybridized carbons (Fsp3) is 0.312. The molecule has 25 heavy (non-hydrogen) atoms. The molecule has 3 rings (SSSR count). The van der Waals surface area contributed by atoms with Crippen molar-refractivity contribution in [3.8, 4) is 0 Å². The summed E-state index contributed by atoms with van der Waals surface area (Å²) in [7, 11) is 0. The minimum absolute atomic E-state index is 0.277. The second-order valence-corrected chi connectivity index (χ2v) is 6.59. The molecule has 0 radical (unpaired) electrons. The summed E-state index contributed by atoms with van der Waals surface area (Å²) in [6.45, 7) is 4.07. The van der Waals surface area contributed by atoms with Gasteiger partial charge in [0.05, 0.1) is 5.52 Å². The molecule has 2 heterocycles. The minimum Gasteiger partial charge on any atom is -0.356 e. The number of hydrogen-bond donors (Lipinski definition) is 3. The van der Waals surface area contributed by atoms with Gasteiger partial charge in [-0.25, -0.2) is 13.6 Å². The quantitative estimate of drug-likeness (QED) is 0.647. The predicted octanol–water partition coefficient (Wildman–Crippen LogP) is 3.53. The molecule has 0 aliphatic heterocycles. The van der Waals surface area contributed by atoms with E-state index >= 15 is 0 Å². The van der Waals surface area contributed by atoms with Crippen LogP contribution in [0.5, 0.6) is 0 Å². The molecule has 0 aliphatic rings. The van der Waals surface area contributed by atoms with Gasteiger partial charge in [-0.1, -0.05) is 18.3 Å². The molecular formula is C16H17F2N5OS. The second-order valence-electron chi connectivity index (χ2n) is 5.52. The molecule has 0 unspecified atom stereocenters. The summed E-state index contributed by atoms with van der Waals surface area (Å²) < 4.78 is 27.3. The fourth-order valence-corrected chi connectivity index (χ4v) is 3.29. The van der Waals surface area contributed by atoms with Gasteiger partial charge in [-0.05, 0) is 31.4 Å². The number of H-pyrrole nitrogens is 1. The average Bonchev–Trinajstić information content (AvgIpc) is 3.13. The molecule has 0 bridgehead atoms. The lowest BCUT2D eigenvalue weighted by Crippen LogP contribution is -2.30. The minimum atomic E-state index is -0.627. The molecule has 9 heteroatoms. The lowest BCUT2D eigenvalue weighted by Gasteiger charge is -2.06. The number of nitrogens with zero attached hydrogens (tertiary/aromatic N) is 2. The van der Waals surface area contributed by atoms with Crippen LogP contribution in [0.1, 0.15) is 23.2 Å². The van der Waals surface area contributed by atoms with Gasteiger partial charge in [-0.3, -0.25) is 5.32 Å². The monoisotopic (exact) mass is 365 g/mol. The van der Waals surface area contributed by atoms with Crippen LogP contribution in [-0.4, -0.2) is 27.8 Å². The molecule has 2 aromatic heterocycles. The third-order valence-electron chi connectivity index (χ3n) is 3.80. The molecule has 1 aromatic carbocycles. The summed E-state index contributed by atoms with van der Waals surface area (Å²) in [5, 5.41) is 14.9. The van der Waals surface area contributed by atoms with E-state index in [0.717, 1.165) is 28.8 Å². The van der Waals surface area contributed by atoms with Gasteiger partial charge in [-0.2, -0.15) is 0 Å². The number of halogens is 2. The molecule has 0 saturated heterocycles. The molecule has 0 saturated carbocycles. The highest BCUT2D eigenvalue weighted by Gasteiger charge is 2.14. The Morgan fingerprint density at radius 3 is 2.84 bits per heavy atom. The number of urea groups is 1. The van der Waals surface area contributed by atoms with Crippen LogP contribution in [0, 0.1) is 18.6 Å². The second kappa shape index (κ2) is 7.14. The molecule has 0 aliphatic carbocycles. The first-order valence-electron chi connectivity index (χ1n) is 7.81. The van der Waals surface area contributed by atoms with E-state index in [1.54, 1.807) is 6.92 Å². The van der Waals surface area contributed by atoms with Crippen molar-refractivity contribution >= 4 is 33.4 Å². The molecule has 132 valence electrons. The maximum atomic E-state index is 13.8. The van der Waals surface area contributed by atoms with E-state index < -0.39 is 17.7 Å². The lowest BCUT2D eigenvalue weighted by atomic mass is 10.1. The summed E-state index contributed by atoms with van der Waals surface area (Å²) in [5.41, 5.74) is 1.80. The molecule has 2 amide bonds. The van der Waals surface area contributed by atoms with E-state index in [1.807, 2.05) is 6.92 Å². The zero-order chi connectivity index (χ0) is 18.0. The van der Waals surface area contributed by atoms with Gasteiger partial charge in [0.1, 0.15) is 16.6 Å². The van der Waals surface area contributed by atoms with E-state index in [1.165, 1.54) is 17.4 Å². The largest absolute Gasteiger partial charge is 0.356 e. The Kier molecular flexibility index (Phi) is 4.93. The summed E-state index contributed by atoms with van der Waals surface area (Å²) in [6, 6.07) is 1.75. The van der Waals surface area contributed by atoms with Crippen LogP contribution in [0.2, 0.25) is 0 Å². The summed E-state index contributed by atoms with van der Waals surface area (Å²) >= 11 is 1.32. The number of nitrogens with one attached hydrogen (secondary N) is 3. The van der Waals surface area contributed by atoms with E-state index in [0.29, 0.717) is 23.5 Å². The molecule has 0 fully saturated rings. The van der Waals surface area contributed by atoms with Crippen molar-refractivity contribution in [2.45, 2.75) is 26.7 Å². The van der Waals surface area contributed by atoms with Crippen molar-refractivity contribution in [3.05, 3.63) is 40.0 Å². The summed E-state index contributed by atoms with van der Waals surface area (Å²) in [4.78, 5) is 14.8. The Morgan fingerprint density at radius 1 is 1.32 bits per heavy atom. The molecular weight excluding hydrogens is 348 g/mol. The first-order valence-corrected chi connectivity index (χ1v) is 8.63. The predicted molar refractivity (Wildman–Crippen MR) is 93.0 cm³/mol. The van der Waals surface area contributed by atoms with Crippen molar-refractivity contribution < 1.29 is 13.6 Å². The van der Waals surface area contributed by atoms with Crippen LogP contribution in [-0.2, 0) is 12.8 Å². The standard InChI is InChI=1S/C16H17F2N5OS/c1-3-13-22-23-16(25-13)21-15(24)19-5-4-10-8(2)20-14-11(10)6-9(17)7-12(14)18/h6-7,20H,3-5H2,1-2H3,(H2,19,21,23,24). The van der Waals surface area contributed by atoms with E-state index in [4.69, 9.17) is 0 Å². The van der Waals surface area contributed by atoms with E-state index in [2.05, 4.69) is 25.8 Å². The number of rotatable bonds is 5. The highest BCUT2D eigenvalue weighted by molar-refractivity contribution is 7.15. The van der Waals surface area contributed by atoms with Gasteiger partial charge < -0.3 is 10.3 Å². The number of aromatic amines is 1. The zero-order valence-electron chi connectivity index (χ0n) is 13.7. The van der Waals surface area contributed by atoms with Gasteiger partial charge in [0, 0.05) is 23.7 Å². The van der Waals surface area contributed by atoms with E-state index in [9.17, 15) is 13.6 Å². The Bertz CT molecular complexity index is 921. The number of anilines is 1. The number of aromatic nitrogens is 3. The Balaban J connectivity index is 1.63. The first kappa shape index (κ1) is 17.3. The average molecular weight is 365 g/mol. The van der Waals surface area contributed by atoms with Crippen LogP contribution < -0.4 is 10.6 Å². The van der Waals surface area contributed by atoms with Crippen molar-refractivity contribution in [1.82, 2.24) is 20.5 Å². The van der Waals surface area contributed by atoms with Crippen LogP contribution in [0.25, 0.3) is 10.9 Å². The lowest BCUT2D eigenvalue weighted by molar-refractivity contribution is 0.252. The van der Waals surface area contributed by atoms with Gasteiger partial charge in [0.25, 0.3) is 0 Å². The molecule has 0 atom stereocenters. The number of benzene rings is 1. The Labute approximate surface area is 146 Å². The molecule has 3 aromatic rings. The van der Waals surface area contributed by atoms with Crippen LogP contribution >= 0.6 is 11.3 Å². The van der Waals surface area contributed by atoms with Crippen LogP contribution in [0.3, 0.4) is 0 Å². The molecule has 6 nitrogen and oxygen atoms in total. The van der Waals surface area contributed by atoms with Crippen molar-refractivity contribution in [1.29, 1.82) is 0 Å². The number of carbonyl (C=O) groups excluding carboxylic acids is 1. The van der Waals surface area contributed by atoms with Gasteiger partial charge in [-0.15, -0.1) is 10.2 Å². The van der Waals surface area contributed by atoms with Crippen molar-refractivity contribution in [2.24, 2.45) is 0 Å². The smallest absolute Gasteiger partial charge is 0.321 e. The Hall–Kier alpha value is -2.55. The number of aryl methyl sites for hydroxylation is 2. The normalized spacial score (nSPS) is 11.0. The van der Waals surface area contributed by atoms with Crippen LogP contribution in [0.15, 0.2) is 12.1 Å². The maximum Gasteiger partial charge on any atom is 0.321 e. The van der Waals surface area contributed by atoms with Crippen molar-refractivity contribution in [3.63, 3.8) is 0 Å². The highest BCUT2D eigenvalue weighted by Crippen LogP contribution is 2.25. The third kappa shape index (κ3) is 3.76. The SMILES string of the molecule is CCc1nnc(NC(=O)NCCc2c(C)[nH]c3c(F)cc(F)cc23)s1. The summed E-state index contributed by atoms with van der Waals surface area (Å²) in [5.74, 6) is -1.25. The van der Waals surface area contributed by atoms with E-state index in [-0.39, 0.29) is 5.52 Å². The van der Waals surface area contributed by atoms with Gasteiger partial charge in [0.2, 0.25) is 5.13 Å². The van der Waals surface area contributed by atoms with Crippen LogP contribution in [0.4, 0.5) is 18.7 Å². The van der Waals surface area contributed by atoms with Gasteiger partial charge in [0.15, 0.2) is 0 Å². The number of hydrogen-bond acceptors (Lipinski definition) is 4. The number of carbonyl (C=O) groups is 1. The topological polar surface area (TPSA) is 82.7 Å². The molecule has 3 N–H and O–H groups in total. The third-order valence-corrected chi connectivity index (χ3v) is 4.78. The zero-order valence-corrected chi connectivity index (χ0v) is 14.6. The number of amides is 2. The molecule has 0 spiro atoms.